The van der Waals surface area contributed by atoms with Gasteiger partial charge >= 0.3 is 0 Å². The molecule has 100 valence electrons. The highest BCUT2D eigenvalue weighted by molar-refractivity contribution is 7.90. The first-order chi connectivity index (χ1) is 8.43. The Labute approximate surface area is 107 Å². The maximum absolute atomic E-state index is 11.8. The molecule has 1 unspecified atom stereocenters. The summed E-state index contributed by atoms with van der Waals surface area (Å²) in [4.78, 5) is 0.268. The van der Waals surface area contributed by atoms with E-state index in [0.717, 1.165) is 0 Å². The van der Waals surface area contributed by atoms with Crippen LogP contribution in [0.15, 0.2) is 17.0 Å². The van der Waals surface area contributed by atoms with Crippen LogP contribution in [0.5, 0.6) is 11.5 Å². The Kier molecular flexibility index (Phi) is 3.49. The van der Waals surface area contributed by atoms with E-state index in [4.69, 9.17) is 15.2 Å². The van der Waals surface area contributed by atoms with Crippen LogP contribution in [-0.4, -0.2) is 34.4 Å². The van der Waals surface area contributed by atoms with E-state index in [9.17, 15) is 8.42 Å². The number of hydrogen-bond donors (Lipinski definition) is 1. The first kappa shape index (κ1) is 13.2. The Bertz CT molecular complexity index is 553. The van der Waals surface area contributed by atoms with E-state index >= 15 is 0 Å². The molecular formula is C12H17NO4S. The standard InChI is InChI=1S/C12H17NO4S/c1-8(7-13)9-5-10-11(17-4-3-16-10)6-12(9)18(2,14)15/h5-6,8H,3-4,7,13H2,1-2H3. The van der Waals surface area contributed by atoms with E-state index in [1.807, 2.05) is 6.92 Å². The molecule has 0 aromatic heterocycles. The Balaban J connectivity index is 2.62. The molecule has 0 amide bonds. The molecule has 5 nitrogen and oxygen atoms in total. The van der Waals surface area contributed by atoms with E-state index in [1.165, 1.54) is 12.3 Å². The smallest absolute Gasteiger partial charge is 0.175 e. The minimum absolute atomic E-state index is 0.0504. The summed E-state index contributed by atoms with van der Waals surface area (Å²) in [6.07, 6.45) is 1.19. The highest BCUT2D eigenvalue weighted by atomic mass is 32.2. The third-order valence-electron chi connectivity index (χ3n) is 2.96. The third-order valence-corrected chi connectivity index (χ3v) is 4.11. The van der Waals surface area contributed by atoms with Crippen LogP contribution in [0.1, 0.15) is 18.4 Å². The largest absolute Gasteiger partial charge is 0.486 e. The van der Waals surface area contributed by atoms with Crippen LogP contribution in [0.2, 0.25) is 0 Å². The molecule has 1 heterocycles. The minimum atomic E-state index is -3.31. The van der Waals surface area contributed by atoms with Crippen molar-refractivity contribution in [2.45, 2.75) is 17.7 Å². The fourth-order valence-electron chi connectivity index (χ4n) is 1.92. The predicted octanol–water partition coefficient (Wildman–Crippen LogP) is 0.924. The van der Waals surface area contributed by atoms with E-state index in [1.54, 1.807) is 6.07 Å². The summed E-state index contributed by atoms with van der Waals surface area (Å²) in [7, 11) is -3.31. The van der Waals surface area contributed by atoms with E-state index in [0.29, 0.717) is 36.8 Å². The van der Waals surface area contributed by atoms with Crippen molar-refractivity contribution in [3.05, 3.63) is 17.7 Å². The van der Waals surface area contributed by atoms with Gasteiger partial charge in [0.15, 0.2) is 21.3 Å². The molecule has 0 saturated heterocycles. The SMILES string of the molecule is CC(CN)c1cc2c(cc1S(C)(=O)=O)OCCO2. The molecule has 1 aliphatic rings. The van der Waals surface area contributed by atoms with Crippen LogP contribution < -0.4 is 15.2 Å². The Morgan fingerprint density at radius 3 is 2.33 bits per heavy atom. The van der Waals surface area contributed by atoms with E-state index in [-0.39, 0.29) is 10.8 Å². The summed E-state index contributed by atoms with van der Waals surface area (Å²) in [5.41, 5.74) is 6.31. The lowest BCUT2D eigenvalue weighted by Crippen LogP contribution is -2.18. The van der Waals surface area contributed by atoms with Gasteiger partial charge in [-0.15, -0.1) is 0 Å². The first-order valence-electron chi connectivity index (χ1n) is 5.77. The second-order valence-electron chi connectivity index (χ2n) is 4.44. The molecule has 6 heteroatoms. The lowest BCUT2D eigenvalue weighted by Gasteiger charge is -2.22. The summed E-state index contributed by atoms with van der Waals surface area (Å²) >= 11 is 0. The van der Waals surface area contributed by atoms with Crippen molar-refractivity contribution in [2.24, 2.45) is 5.73 Å². The summed E-state index contributed by atoms with van der Waals surface area (Å²) in [5.74, 6) is 1.02. The summed E-state index contributed by atoms with van der Waals surface area (Å²) in [6, 6.07) is 3.26. The molecule has 0 radical (unpaired) electrons. The fraction of sp³-hybridized carbons (Fsp3) is 0.500. The Morgan fingerprint density at radius 2 is 1.83 bits per heavy atom. The first-order valence-corrected chi connectivity index (χ1v) is 7.66. The number of hydrogen-bond acceptors (Lipinski definition) is 5. The zero-order chi connectivity index (χ0) is 13.3. The maximum atomic E-state index is 11.8. The van der Waals surface area contributed by atoms with Crippen LogP contribution in [0.25, 0.3) is 0 Å². The van der Waals surface area contributed by atoms with Crippen molar-refractivity contribution in [3.63, 3.8) is 0 Å². The Morgan fingerprint density at radius 1 is 1.28 bits per heavy atom. The molecule has 1 aromatic carbocycles. The van der Waals surface area contributed by atoms with Gasteiger partial charge in [-0.25, -0.2) is 8.42 Å². The second kappa shape index (κ2) is 4.78. The van der Waals surface area contributed by atoms with Crippen LogP contribution >= 0.6 is 0 Å². The average molecular weight is 271 g/mol. The number of benzene rings is 1. The molecule has 0 fully saturated rings. The van der Waals surface area contributed by atoms with Gasteiger partial charge in [0.05, 0.1) is 4.90 Å². The van der Waals surface area contributed by atoms with Gasteiger partial charge in [0.25, 0.3) is 0 Å². The van der Waals surface area contributed by atoms with Gasteiger partial charge in [0.2, 0.25) is 0 Å². The molecular weight excluding hydrogens is 254 g/mol. The van der Waals surface area contributed by atoms with E-state index < -0.39 is 9.84 Å². The average Bonchev–Trinajstić information content (AvgIpc) is 2.35. The van der Waals surface area contributed by atoms with E-state index in [2.05, 4.69) is 0 Å². The van der Waals surface area contributed by atoms with Crippen molar-refractivity contribution < 1.29 is 17.9 Å². The molecule has 1 aromatic rings. The summed E-state index contributed by atoms with van der Waals surface area (Å²) < 4.78 is 34.5. The minimum Gasteiger partial charge on any atom is -0.486 e. The lowest BCUT2D eigenvalue weighted by molar-refractivity contribution is 0.170. The van der Waals surface area contributed by atoms with Gasteiger partial charge in [-0.2, -0.15) is 0 Å². The van der Waals surface area contributed by atoms with Crippen molar-refractivity contribution >= 4 is 9.84 Å². The fourth-order valence-corrected chi connectivity index (χ4v) is 2.93. The Hall–Kier alpha value is -1.27. The molecule has 2 rings (SSSR count). The quantitative estimate of drug-likeness (QED) is 0.884. The third kappa shape index (κ3) is 2.44. The number of fused-ring (bicyclic) bond motifs is 1. The van der Waals surface area contributed by atoms with Crippen LogP contribution in [0, 0.1) is 0 Å². The van der Waals surface area contributed by atoms with Crippen LogP contribution in [0.4, 0.5) is 0 Å². The van der Waals surface area contributed by atoms with Gasteiger partial charge in [-0.1, -0.05) is 6.92 Å². The van der Waals surface area contributed by atoms with Gasteiger partial charge in [-0.05, 0) is 24.1 Å². The number of rotatable bonds is 3. The topological polar surface area (TPSA) is 78.6 Å². The van der Waals surface area contributed by atoms with Crippen molar-refractivity contribution in [3.8, 4) is 11.5 Å². The van der Waals surface area contributed by atoms with Crippen LogP contribution in [-0.2, 0) is 9.84 Å². The van der Waals surface area contributed by atoms with Gasteiger partial charge in [0.1, 0.15) is 13.2 Å². The lowest BCUT2D eigenvalue weighted by atomic mass is 10.0. The van der Waals surface area contributed by atoms with Crippen molar-refractivity contribution in [2.75, 3.05) is 26.0 Å². The predicted molar refractivity (Wildman–Crippen MR) is 68.0 cm³/mol. The molecule has 0 saturated carbocycles. The van der Waals surface area contributed by atoms with Crippen molar-refractivity contribution in [1.29, 1.82) is 0 Å². The second-order valence-corrected chi connectivity index (χ2v) is 6.43. The summed E-state index contributed by atoms with van der Waals surface area (Å²) in [5, 5.41) is 0. The number of ether oxygens (including phenoxy) is 2. The summed E-state index contributed by atoms with van der Waals surface area (Å²) in [6.45, 7) is 3.17. The van der Waals surface area contributed by atoms with Gasteiger partial charge in [0, 0.05) is 12.3 Å². The zero-order valence-corrected chi connectivity index (χ0v) is 11.3. The molecule has 0 aliphatic carbocycles. The van der Waals surface area contributed by atoms with Gasteiger partial charge < -0.3 is 15.2 Å². The molecule has 1 atom stereocenters. The molecule has 0 spiro atoms. The zero-order valence-electron chi connectivity index (χ0n) is 10.5. The highest BCUT2D eigenvalue weighted by Crippen LogP contribution is 2.37. The highest BCUT2D eigenvalue weighted by Gasteiger charge is 2.23. The maximum Gasteiger partial charge on any atom is 0.175 e. The monoisotopic (exact) mass is 271 g/mol. The molecule has 2 N–H and O–H groups in total. The molecule has 0 bridgehead atoms. The van der Waals surface area contributed by atoms with Crippen LogP contribution in [0.3, 0.4) is 0 Å². The normalized spacial score (nSPS) is 16.4. The van der Waals surface area contributed by atoms with Gasteiger partial charge in [-0.3, -0.25) is 0 Å². The van der Waals surface area contributed by atoms with Crippen molar-refractivity contribution in [1.82, 2.24) is 0 Å². The molecule has 18 heavy (non-hydrogen) atoms. The number of nitrogens with two attached hydrogens (primary N) is 1. The number of sulfone groups is 1. The molecule has 1 aliphatic heterocycles.